The maximum Gasteiger partial charge on any atom is 0.243 e. The Hall–Kier alpha value is -0.400. The third-order valence-electron chi connectivity index (χ3n) is 2.53. The van der Waals surface area contributed by atoms with Crippen molar-refractivity contribution in [3.8, 4) is 0 Å². The Kier molecular flexibility index (Phi) is 6.31. The molecule has 0 unspecified atom stereocenters. The van der Waals surface area contributed by atoms with Crippen LogP contribution in [-0.2, 0) is 10.0 Å². The van der Waals surface area contributed by atoms with Gasteiger partial charge in [-0.05, 0) is 25.5 Å². The number of nitrogens with zero attached hydrogens (tertiary/aromatic N) is 1. The van der Waals surface area contributed by atoms with Crippen molar-refractivity contribution >= 4 is 32.6 Å². The van der Waals surface area contributed by atoms with Crippen molar-refractivity contribution in [3.05, 3.63) is 42.5 Å². The van der Waals surface area contributed by atoms with E-state index < -0.39 is 10.0 Å². The first-order valence-electron chi connectivity index (χ1n) is 5.76. The average Bonchev–Trinajstić information content (AvgIpc) is 2.35. The molecule has 0 aliphatic carbocycles. The Bertz CT molecular complexity index is 482. The molecule has 0 bridgehead atoms. The van der Waals surface area contributed by atoms with E-state index in [1.807, 2.05) is 19.1 Å². The van der Waals surface area contributed by atoms with Crippen LogP contribution < -0.4 is 0 Å². The lowest BCUT2D eigenvalue weighted by Gasteiger charge is -2.20. The smallest absolute Gasteiger partial charge is 0.207 e. The lowest BCUT2D eigenvalue weighted by atomic mass is 10.2. The van der Waals surface area contributed by atoms with Gasteiger partial charge in [0.25, 0.3) is 0 Å². The fourth-order valence-corrected chi connectivity index (χ4v) is 3.34. The van der Waals surface area contributed by atoms with Gasteiger partial charge >= 0.3 is 0 Å². The zero-order valence-electron chi connectivity index (χ0n) is 10.5. The predicted molar refractivity (Wildman–Crippen MR) is 83.6 cm³/mol. The van der Waals surface area contributed by atoms with Crippen molar-refractivity contribution in [1.82, 2.24) is 4.31 Å². The van der Waals surface area contributed by atoms with Gasteiger partial charge in [-0.1, -0.05) is 46.4 Å². The van der Waals surface area contributed by atoms with Gasteiger partial charge in [0, 0.05) is 17.5 Å². The number of hydrogen-bond acceptors (Lipinski definition) is 2. The molecule has 0 amide bonds. The number of hydrogen-bond donors (Lipinski definition) is 0. The summed E-state index contributed by atoms with van der Waals surface area (Å²) in [4.78, 5) is 0.350. The highest BCUT2D eigenvalue weighted by Crippen LogP contribution is 2.16. The number of sulfonamides is 1. The van der Waals surface area contributed by atoms with E-state index >= 15 is 0 Å². The molecule has 0 radical (unpaired) electrons. The van der Waals surface area contributed by atoms with Gasteiger partial charge < -0.3 is 0 Å². The van der Waals surface area contributed by atoms with Gasteiger partial charge in [-0.15, -0.1) is 6.58 Å². The van der Waals surface area contributed by atoms with Crippen molar-refractivity contribution in [3.63, 3.8) is 0 Å². The van der Waals surface area contributed by atoms with E-state index in [1.54, 1.807) is 18.2 Å². The number of halogens is 1. The standard InChI is InChI=1S/C13H18INO2S/c1-3-10-15(11-4-9-14)18(16,17)13-7-5-12(2)6-8-13/h3,5-8H,1,4,9-11H2,2H3. The molecule has 100 valence electrons. The first kappa shape index (κ1) is 15.7. The predicted octanol–water partition coefficient (Wildman–Crippen LogP) is 3.00. The van der Waals surface area contributed by atoms with Crippen LogP contribution in [0.2, 0.25) is 0 Å². The minimum atomic E-state index is -3.39. The molecule has 0 atom stereocenters. The van der Waals surface area contributed by atoms with Crippen molar-refractivity contribution in [1.29, 1.82) is 0 Å². The molecule has 0 fully saturated rings. The molecule has 5 heteroatoms. The third kappa shape index (κ3) is 4.07. The molecule has 1 rings (SSSR count). The lowest BCUT2D eigenvalue weighted by Crippen LogP contribution is -2.32. The van der Waals surface area contributed by atoms with Gasteiger partial charge in [0.05, 0.1) is 4.90 Å². The van der Waals surface area contributed by atoms with Crippen LogP contribution in [0, 0.1) is 6.92 Å². The Balaban J connectivity index is 3.00. The minimum absolute atomic E-state index is 0.350. The molecule has 0 aliphatic heterocycles. The summed E-state index contributed by atoms with van der Waals surface area (Å²) >= 11 is 2.25. The van der Waals surface area contributed by atoms with Crippen molar-refractivity contribution in [2.24, 2.45) is 0 Å². The Labute approximate surface area is 123 Å². The van der Waals surface area contributed by atoms with Crippen LogP contribution in [-0.4, -0.2) is 30.2 Å². The second kappa shape index (κ2) is 7.25. The van der Waals surface area contributed by atoms with Crippen LogP contribution in [0.4, 0.5) is 0 Å². The van der Waals surface area contributed by atoms with Crippen LogP contribution in [0.15, 0.2) is 41.8 Å². The summed E-state index contributed by atoms with van der Waals surface area (Å²) in [6, 6.07) is 6.95. The molecule has 0 saturated carbocycles. The number of benzene rings is 1. The zero-order chi connectivity index (χ0) is 13.6. The summed E-state index contributed by atoms with van der Waals surface area (Å²) in [5.74, 6) is 0. The maximum absolute atomic E-state index is 12.4. The summed E-state index contributed by atoms with van der Waals surface area (Å²) in [5.41, 5.74) is 1.05. The van der Waals surface area contributed by atoms with E-state index in [1.165, 1.54) is 4.31 Å². The van der Waals surface area contributed by atoms with Crippen LogP contribution in [0.3, 0.4) is 0 Å². The number of aryl methyl sites for hydroxylation is 1. The van der Waals surface area contributed by atoms with Gasteiger partial charge in [0.15, 0.2) is 0 Å². The van der Waals surface area contributed by atoms with Crippen LogP contribution in [0.25, 0.3) is 0 Å². The molecule has 0 saturated heterocycles. The van der Waals surface area contributed by atoms with Gasteiger partial charge in [0.1, 0.15) is 0 Å². The molecular weight excluding hydrogens is 361 g/mol. The SMILES string of the molecule is C=CCN(CCCI)S(=O)(=O)c1ccc(C)cc1. The monoisotopic (exact) mass is 379 g/mol. The highest BCUT2D eigenvalue weighted by atomic mass is 127. The molecular formula is C13H18INO2S. The molecule has 0 spiro atoms. The molecule has 18 heavy (non-hydrogen) atoms. The van der Waals surface area contributed by atoms with E-state index in [0.717, 1.165) is 16.4 Å². The molecule has 0 N–H and O–H groups in total. The van der Waals surface area contributed by atoms with Gasteiger partial charge in [-0.3, -0.25) is 0 Å². The summed E-state index contributed by atoms with van der Waals surface area (Å²) < 4.78 is 27.2. The molecule has 1 aromatic carbocycles. The minimum Gasteiger partial charge on any atom is -0.207 e. The summed E-state index contributed by atoms with van der Waals surface area (Å²) in [6.07, 6.45) is 2.47. The summed E-state index contributed by atoms with van der Waals surface area (Å²) in [5, 5.41) is 0. The lowest BCUT2D eigenvalue weighted by molar-refractivity contribution is 0.443. The van der Waals surface area contributed by atoms with Crippen LogP contribution in [0.1, 0.15) is 12.0 Å². The fraction of sp³-hybridized carbons (Fsp3) is 0.385. The highest BCUT2D eigenvalue weighted by molar-refractivity contribution is 14.1. The zero-order valence-corrected chi connectivity index (χ0v) is 13.4. The fourth-order valence-electron chi connectivity index (χ4n) is 1.55. The van der Waals surface area contributed by atoms with Gasteiger partial charge in [0.2, 0.25) is 10.0 Å². The molecule has 0 aliphatic rings. The quantitative estimate of drug-likeness (QED) is 0.415. The third-order valence-corrected chi connectivity index (χ3v) is 5.17. The molecule has 0 aromatic heterocycles. The van der Waals surface area contributed by atoms with E-state index in [9.17, 15) is 8.42 Å². The molecule has 0 heterocycles. The van der Waals surface area contributed by atoms with Crippen molar-refractivity contribution in [2.45, 2.75) is 18.2 Å². The van der Waals surface area contributed by atoms with Crippen molar-refractivity contribution in [2.75, 3.05) is 17.5 Å². The topological polar surface area (TPSA) is 37.4 Å². The van der Waals surface area contributed by atoms with Gasteiger partial charge in [-0.25, -0.2) is 8.42 Å². The van der Waals surface area contributed by atoms with E-state index in [0.29, 0.717) is 18.0 Å². The van der Waals surface area contributed by atoms with Crippen LogP contribution >= 0.6 is 22.6 Å². The average molecular weight is 379 g/mol. The Morgan fingerprint density at radius 2 is 1.94 bits per heavy atom. The van der Waals surface area contributed by atoms with E-state index in [4.69, 9.17) is 0 Å². The normalized spacial score (nSPS) is 11.7. The van der Waals surface area contributed by atoms with E-state index in [2.05, 4.69) is 29.2 Å². The second-order valence-electron chi connectivity index (χ2n) is 4.01. The van der Waals surface area contributed by atoms with Gasteiger partial charge in [-0.2, -0.15) is 4.31 Å². The first-order valence-corrected chi connectivity index (χ1v) is 8.72. The Morgan fingerprint density at radius 1 is 1.33 bits per heavy atom. The number of rotatable bonds is 7. The van der Waals surface area contributed by atoms with E-state index in [-0.39, 0.29) is 0 Å². The maximum atomic E-state index is 12.4. The largest absolute Gasteiger partial charge is 0.243 e. The van der Waals surface area contributed by atoms with Crippen molar-refractivity contribution < 1.29 is 8.42 Å². The molecule has 1 aromatic rings. The number of alkyl halides is 1. The Morgan fingerprint density at radius 3 is 2.44 bits per heavy atom. The van der Waals surface area contributed by atoms with Crippen LogP contribution in [0.5, 0.6) is 0 Å². The second-order valence-corrected chi connectivity index (χ2v) is 7.02. The summed E-state index contributed by atoms with van der Waals surface area (Å²) in [6.45, 7) is 6.45. The first-order chi connectivity index (χ1) is 8.52. The highest BCUT2D eigenvalue weighted by Gasteiger charge is 2.22. The summed E-state index contributed by atoms with van der Waals surface area (Å²) in [7, 11) is -3.39. The molecule has 3 nitrogen and oxygen atoms in total.